The lowest BCUT2D eigenvalue weighted by atomic mass is 9.89. The topological polar surface area (TPSA) is 58.4 Å². The minimum Gasteiger partial charge on any atom is -0.324 e. The largest absolute Gasteiger partial charge is 0.324 e. The quantitative estimate of drug-likeness (QED) is 0.886. The molecule has 1 amide bonds. The van der Waals surface area contributed by atoms with Crippen LogP contribution in [0.25, 0.3) is 6.08 Å². The van der Waals surface area contributed by atoms with E-state index >= 15 is 0 Å². The van der Waals surface area contributed by atoms with Gasteiger partial charge in [-0.05, 0) is 51.1 Å². The maximum absolute atomic E-state index is 12.4. The average molecular weight is 273 g/mol. The van der Waals surface area contributed by atoms with Gasteiger partial charge in [-0.15, -0.1) is 0 Å². The summed E-state index contributed by atoms with van der Waals surface area (Å²) in [7, 11) is 2.00. The van der Waals surface area contributed by atoms with Crippen LogP contribution in [0.15, 0.2) is 30.3 Å². The minimum atomic E-state index is -0.783. The Kier molecular flexibility index (Phi) is 4.57. The van der Waals surface area contributed by atoms with Crippen LogP contribution >= 0.6 is 0 Å². The summed E-state index contributed by atoms with van der Waals surface area (Å²) in [6, 6.07) is 7.77. The Bertz CT molecular complexity index is 495. The first-order valence-corrected chi connectivity index (χ1v) is 7.05. The molecular weight excluding hydrogens is 250 g/mol. The number of rotatable bonds is 3. The van der Waals surface area contributed by atoms with Gasteiger partial charge in [0.2, 0.25) is 5.91 Å². The number of piperidine rings is 1. The van der Waals surface area contributed by atoms with E-state index in [2.05, 4.69) is 10.2 Å². The molecule has 1 saturated heterocycles. The molecular formula is C16H23N3O. The van der Waals surface area contributed by atoms with Crippen LogP contribution < -0.4 is 11.1 Å². The van der Waals surface area contributed by atoms with Crippen LogP contribution in [0, 0.1) is 0 Å². The van der Waals surface area contributed by atoms with Crippen LogP contribution in [-0.4, -0.2) is 36.5 Å². The van der Waals surface area contributed by atoms with Crippen LogP contribution in [0.1, 0.15) is 25.3 Å². The van der Waals surface area contributed by atoms with E-state index in [4.69, 9.17) is 5.73 Å². The van der Waals surface area contributed by atoms with Crippen molar-refractivity contribution in [3.05, 3.63) is 35.9 Å². The number of allylic oxidation sites excluding steroid dienone is 1. The van der Waals surface area contributed by atoms with E-state index in [9.17, 15) is 4.79 Å². The van der Waals surface area contributed by atoms with Crippen molar-refractivity contribution < 1.29 is 4.79 Å². The van der Waals surface area contributed by atoms with Crippen molar-refractivity contribution in [3.8, 4) is 0 Å². The molecule has 20 heavy (non-hydrogen) atoms. The number of amides is 1. The molecule has 1 atom stereocenters. The molecule has 4 heteroatoms. The second-order valence-electron chi connectivity index (χ2n) is 5.57. The molecule has 0 aliphatic carbocycles. The van der Waals surface area contributed by atoms with Gasteiger partial charge in [-0.3, -0.25) is 4.79 Å². The van der Waals surface area contributed by atoms with E-state index in [-0.39, 0.29) is 5.91 Å². The maximum Gasteiger partial charge on any atom is 0.245 e. The molecule has 4 nitrogen and oxygen atoms in total. The number of carbonyl (C=O) groups is 1. The van der Waals surface area contributed by atoms with Gasteiger partial charge < -0.3 is 16.0 Å². The van der Waals surface area contributed by atoms with Crippen LogP contribution in [0.4, 0.5) is 5.69 Å². The monoisotopic (exact) mass is 273 g/mol. The fourth-order valence-corrected chi connectivity index (χ4v) is 2.62. The number of anilines is 1. The lowest BCUT2D eigenvalue weighted by Gasteiger charge is -2.37. The second kappa shape index (κ2) is 6.20. The van der Waals surface area contributed by atoms with Crippen LogP contribution in [0.2, 0.25) is 0 Å². The first-order chi connectivity index (χ1) is 9.53. The van der Waals surface area contributed by atoms with Gasteiger partial charge in [0.15, 0.2) is 0 Å². The summed E-state index contributed by atoms with van der Waals surface area (Å²) in [4.78, 5) is 14.5. The van der Waals surface area contributed by atoms with E-state index < -0.39 is 5.54 Å². The molecule has 0 saturated carbocycles. The zero-order valence-electron chi connectivity index (χ0n) is 12.2. The van der Waals surface area contributed by atoms with Gasteiger partial charge in [-0.1, -0.05) is 24.3 Å². The minimum absolute atomic E-state index is 0.0946. The Balaban J connectivity index is 2.03. The van der Waals surface area contributed by atoms with Gasteiger partial charge in [0.1, 0.15) is 5.54 Å². The zero-order valence-corrected chi connectivity index (χ0v) is 12.2. The van der Waals surface area contributed by atoms with Crippen molar-refractivity contribution in [2.75, 3.05) is 25.5 Å². The molecule has 0 spiro atoms. The van der Waals surface area contributed by atoms with Gasteiger partial charge in [-0.2, -0.15) is 0 Å². The molecule has 0 radical (unpaired) electrons. The Morgan fingerprint density at radius 3 is 2.70 bits per heavy atom. The van der Waals surface area contributed by atoms with Gasteiger partial charge in [0.05, 0.1) is 0 Å². The number of likely N-dealkylation sites (N-methyl/N-ethyl adjacent to an activating group) is 1. The SMILES string of the molecule is C/C=C/c1ccc(NC(=O)C2(N)CCCN(C)C2)cc1. The average Bonchev–Trinajstić information content (AvgIpc) is 2.41. The van der Waals surface area contributed by atoms with Crippen LogP contribution in [0.3, 0.4) is 0 Å². The van der Waals surface area contributed by atoms with E-state index in [1.165, 1.54) is 0 Å². The Labute approximate surface area is 120 Å². The lowest BCUT2D eigenvalue weighted by Crippen LogP contribution is -2.60. The van der Waals surface area contributed by atoms with Gasteiger partial charge in [-0.25, -0.2) is 0 Å². The summed E-state index contributed by atoms with van der Waals surface area (Å²) in [5.74, 6) is -0.0946. The molecule has 1 aliphatic heterocycles. The van der Waals surface area contributed by atoms with Crippen molar-refractivity contribution in [1.29, 1.82) is 0 Å². The summed E-state index contributed by atoms with van der Waals surface area (Å²) < 4.78 is 0. The lowest BCUT2D eigenvalue weighted by molar-refractivity contribution is -0.122. The van der Waals surface area contributed by atoms with Crippen LogP contribution in [0.5, 0.6) is 0 Å². The number of nitrogens with one attached hydrogen (secondary N) is 1. The van der Waals surface area contributed by atoms with Gasteiger partial charge in [0, 0.05) is 12.2 Å². The molecule has 1 aliphatic rings. The highest BCUT2D eigenvalue weighted by atomic mass is 16.2. The molecule has 1 unspecified atom stereocenters. The highest BCUT2D eigenvalue weighted by Gasteiger charge is 2.37. The number of likely N-dealkylation sites (tertiary alicyclic amines) is 1. The standard InChI is InChI=1S/C16H23N3O/c1-3-5-13-6-8-14(9-7-13)18-15(20)16(17)10-4-11-19(2)12-16/h3,5-9H,4,10-12,17H2,1-2H3,(H,18,20)/b5-3+. The summed E-state index contributed by atoms with van der Waals surface area (Å²) >= 11 is 0. The van der Waals surface area contributed by atoms with E-state index in [1.807, 2.05) is 50.4 Å². The zero-order chi connectivity index (χ0) is 14.6. The predicted molar refractivity (Wildman–Crippen MR) is 83.4 cm³/mol. The molecule has 108 valence electrons. The van der Waals surface area contributed by atoms with Crippen molar-refractivity contribution in [1.82, 2.24) is 4.90 Å². The Hall–Kier alpha value is -1.65. The Morgan fingerprint density at radius 1 is 1.40 bits per heavy atom. The third-order valence-electron chi connectivity index (χ3n) is 3.69. The van der Waals surface area contributed by atoms with Crippen molar-refractivity contribution in [2.24, 2.45) is 5.73 Å². The summed E-state index contributed by atoms with van der Waals surface area (Å²) in [5.41, 5.74) is 7.38. The van der Waals surface area contributed by atoms with Crippen molar-refractivity contribution in [3.63, 3.8) is 0 Å². The highest BCUT2D eigenvalue weighted by Crippen LogP contribution is 2.20. The Morgan fingerprint density at radius 2 is 2.10 bits per heavy atom. The number of nitrogens with two attached hydrogens (primary N) is 1. The molecule has 0 bridgehead atoms. The first-order valence-electron chi connectivity index (χ1n) is 7.05. The molecule has 2 rings (SSSR count). The van der Waals surface area contributed by atoms with E-state index in [0.717, 1.165) is 30.6 Å². The molecule has 0 aromatic heterocycles. The summed E-state index contributed by atoms with van der Waals surface area (Å²) in [5, 5.41) is 2.93. The number of nitrogens with zero attached hydrogens (tertiary/aromatic N) is 1. The fourth-order valence-electron chi connectivity index (χ4n) is 2.62. The first kappa shape index (κ1) is 14.8. The molecule has 1 aromatic rings. The predicted octanol–water partition coefficient (Wildman–Crippen LogP) is 2.08. The third-order valence-corrected chi connectivity index (χ3v) is 3.69. The van der Waals surface area contributed by atoms with E-state index in [1.54, 1.807) is 0 Å². The van der Waals surface area contributed by atoms with E-state index in [0.29, 0.717) is 6.54 Å². The number of carbonyl (C=O) groups excluding carboxylic acids is 1. The molecule has 1 aromatic carbocycles. The fraction of sp³-hybridized carbons (Fsp3) is 0.438. The number of benzene rings is 1. The smallest absolute Gasteiger partial charge is 0.245 e. The summed E-state index contributed by atoms with van der Waals surface area (Å²) in [6.45, 7) is 3.59. The second-order valence-corrected chi connectivity index (χ2v) is 5.57. The maximum atomic E-state index is 12.4. The van der Waals surface area contributed by atoms with Crippen LogP contribution in [-0.2, 0) is 4.79 Å². The third kappa shape index (κ3) is 3.46. The highest BCUT2D eigenvalue weighted by molar-refractivity contribution is 5.98. The number of hydrogen-bond acceptors (Lipinski definition) is 3. The molecule has 1 fully saturated rings. The summed E-state index contributed by atoms with van der Waals surface area (Å²) in [6.07, 6.45) is 5.70. The van der Waals surface area contributed by atoms with Gasteiger partial charge >= 0.3 is 0 Å². The van der Waals surface area contributed by atoms with Crippen molar-refractivity contribution in [2.45, 2.75) is 25.3 Å². The molecule has 3 N–H and O–H groups in total. The van der Waals surface area contributed by atoms with Crippen molar-refractivity contribution >= 4 is 17.7 Å². The van der Waals surface area contributed by atoms with Gasteiger partial charge in [0.25, 0.3) is 0 Å². The molecule has 1 heterocycles. The number of hydrogen-bond donors (Lipinski definition) is 2. The normalized spacial score (nSPS) is 23.9.